The number of rotatable bonds is 4. The molecule has 6 nitrogen and oxygen atoms in total. The Labute approximate surface area is 126 Å². The third kappa shape index (κ3) is 3.05. The minimum absolute atomic E-state index is 0.0630. The summed E-state index contributed by atoms with van der Waals surface area (Å²) in [6.45, 7) is 1.77. The maximum Gasteiger partial charge on any atom is 0.309 e. The quantitative estimate of drug-likeness (QED) is 0.863. The minimum atomic E-state index is -0.447. The van der Waals surface area contributed by atoms with E-state index < -0.39 is 5.91 Å². The van der Waals surface area contributed by atoms with Crippen LogP contribution in [0.25, 0.3) is 0 Å². The Hall–Kier alpha value is -1.95. The topological polar surface area (TPSA) is 73.9 Å². The Morgan fingerprint density at radius 1 is 1.38 bits per heavy atom. The van der Waals surface area contributed by atoms with Crippen LogP contribution in [-0.2, 0) is 14.3 Å². The first kappa shape index (κ1) is 14.0. The fourth-order valence-electron chi connectivity index (χ4n) is 2.09. The first-order chi connectivity index (χ1) is 10.0. The molecule has 0 radical (unpaired) electrons. The molecule has 1 saturated carbocycles. The zero-order valence-corrected chi connectivity index (χ0v) is 12.1. The highest BCUT2D eigenvalue weighted by atomic mass is 35.5. The molecule has 3 rings (SSSR count). The van der Waals surface area contributed by atoms with Crippen molar-refractivity contribution in [3.63, 3.8) is 0 Å². The van der Waals surface area contributed by atoms with Crippen molar-refractivity contribution in [3.05, 3.63) is 17.2 Å². The number of carbonyl (C=O) groups excluding carboxylic acids is 2. The van der Waals surface area contributed by atoms with Gasteiger partial charge in [-0.25, -0.2) is 0 Å². The van der Waals surface area contributed by atoms with E-state index in [0.29, 0.717) is 28.1 Å². The summed E-state index contributed by atoms with van der Waals surface area (Å²) in [4.78, 5) is 23.3. The van der Waals surface area contributed by atoms with Gasteiger partial charge in [0.05, 0.1) is 16.6 Å². The van der Waals surface area contributed by atoms with Gasteiger partial charge in [-0.15, -0.1) is 0 Å². The van der Waals surface area contributed by atoms with Crippen molar-refractivity contribution in [1.82, 2.24) is 0 Å². The number of amides is 1. The number of hydrogen-bond acceptors (Lipinski definition) is 5. The number of ether oxygens (including phenoxy) is 3. The molecule has 21 heavy (non-hydrogen) atoms. The maximum absolute atomic E-state index is 11.8. The van der Waals surface area contributed by atoms with Crippen LogP contribution >= 0.6 is 11.6 Å². The molecule has 0 unspecified atom stereocenters. The number of halogens is 1. The van der Waals surface area contributed by atoms with E-state index in [1.54, 1.807) is 12.1 Å². The molecule has 1 aliphatic heterocycles. The lowest BCUT2D eigenvalue weighted by Gasteiger charge is -2.09. The summed E-state index contributed by atoms with van der Waals surface area (Å²) in [6, 6.07) is 3.14. The van der Waals surface area contributed by atoms with Crippen LogP contribution in [0.5, 0.6) is 11.5 Å². The fraction of sp³-hybridized carbons (Fsp3) is 0.429. The minimum Gasteiger partial charge on any atom is -0.455 e. The maximum atomic E-state index is 11.8. The van der Waals surface area contributed by atoms with Crippen LogP contribution in [0.4, 0.5) is 5.69 Å². The molecule has 1 heterocycles. The smallest absolute Gasteiger partial charge is 0.309 e. The molecule has 0 spiro atoms. The van der Waals surface area contributed by atoms with Crippen LogP contribution in [-0.4, -0.2) is 25.3 Å². The first-order valence-electron chi connectivity index (χ1n) is 6.60. The van der Waals surface area contributed by atoms with Gasteiger partial charge in [0.2, 0.25) is 6.79 Å². The molecule has 2 aliphatic rings. The monoisotopic (exact) mass is 311 g/mol. The summed E-state index contributed by atoms with van der Waals surface area (Å²) in [5.41, 5.74) is 0.391. The average Bonchev–Trinajstić information content (AvgIpc) is 3.00. The Bertz CT molecular complexity index is 603. The zero-order chi connectivity index (χ0) is 15.0. The lowest BCUT2D eigenvalue weighted by Crippen LogP contribution is -2.21. The van der Waals surface area contributed by atoms with E-state index in [1.807, 2.05) is 6.92 Å². The largest absolute Gasteiger partial charge is 0.455 e. The number of esters is 1. The van der Waals surface area contributed by atoms with Crippen LogP contribution in [0.15, 0.2) is 12.1 Å². The SMILES string of the molecule is C[C@@H]1C[C@H]1C(=O)OCC(=O)Nc1cc2c(cc1Cl)OCO2. The predicted molar refractivity (Wildman–Crippen MR) is 74.4 cm³/mol. The highest BCUT2D eigenvalue weighted by Crippen LogP contribution is 2.39. The number of fused-ring (bicyclic) bond motifs is 1. The Morgan fingerprint density at radius 2 is 2.05 bits per heavy atom. The van der Waals surface area contributed by atoms with Crippen LogP contribution < -0.4 is 14.8 Å². The van der Waals surface area contributed by atoms with Gasteiger partial charge in [-0.05, 0) is 12.3 Å². The van der Waals surface area contributed by atoms with Crippen LogP contribution in [0.2, 0.25) is 5.02 Å². The zero-order valence-electron chi connectivity index (χ0n) is 11.3. The number of benzene rings is 1. The van der Waals surface area contributed by atoms with E-state index in [0.717, 1.165) is 6.42 Å². The summed E-state index contributed by atoms with van der Waals surface area (Å²) < 4.78 is 15.3. The van der Waals surface area contributed by atoms with E-state index in [4.69, 9.17) is 25.8 Å². The van der Waals surface area contributed by atoms with E-state index >= 15 is 0 Å². The molecule has 1 amide bonds. The second kappa shape index (κ2) is 5.44. The van der Waals surface area contributed by atoms with Crippen molar-refractivity contribution in [3.8, 4) is 11.5 Å². The van der Waals surface area contributed by atoms with Crippen molar-refractivity contribution >= 4 is 29.2 Å². The van der Waals surface area contributed by atoms with Gasteiger partial charge in [0.1, 0.15) is 0 Å². The van der Waals surface area contributed by atoms with Gasteiger partial charge in [0, 0.05) is 12.1 Å². The van der Waals surface area contributed by atoms with Crippen molar-refractivity contribution in [1.29, 1.82) is 0 Å². The molecular weight excluding hydrogens is 298 g/mol. The summed E-state index contributed by atoms with van der Waals surface area (Å²) in [5, 5.41) is 2.91. The second-order valence-electron chi connectivity index (χ2n) is 5.16. The molecule has 0 bridgehead atoms. The second-order valence-corrected chi connectivity index (χ2v) is 5.57. The Kier molecular flexibility index (Phi) is 3.63. The number of anilines is 1. The van der Waals surface area contributed by atoms with Gasteiger partial charge in [0.25, 0.3) is 5.91 Å². The third-order valence-corrected chi connectivity index (χ3v) is 3.81. The van der Waals surface area contributed by atoms with E-state index in [1.165, 1.54) is 0 Å². The summed E-state index contributed by atoms with van der Waals surface area (Å²) >= 11 is 6.04. The molecule has 0 saturated heterocycles. The van der Waals surface area contributed by atoms with Crippen LogP contribution in [0.1, 0.15) is 13.3 Å². The van der Waals surface area contributed by atoms with Gasteiger partial charge in [-0.3, -0.25) is 9.59 Å². The van der Waals surface area contributed by atoms with Crippen LogP contribution in [0, 0.1) is 11.8 Å². The predicted octanol–water partition coefficient (Wildman–Crippen LogP) is 2.21. The average molecular weight is 312 g/mol. The number of carbonyl (C=O) groups is 2. The molecule has 2 atom stereocenters. The molecule has 1 aromatic carbocycles. The molecule has 1 N–H and O–H groups in total. The third-order valence-electron chi connectivity index (χ3n) is 3.49. The Balaban J connectivity index is 1.56. The van der Waals surface area contributed by atoms with E-state index in [9.17, 15) is 9.59 Å². The number of hydrogen-bond donors (Lipinski definition) is 1. The lowest BCUT2D eigenvalue weighted by atomic mass is 10.2. The van der Waals surface area contributed by atoms with Crippen molar-refractivity contribution in [2.45, 2.75) is 13.3 Å². The number of nitrogens with one attached hydrogen (secondary N) is 1. The highest BCUT2D eigenvalue weighted by molar-refractivity contribution is 6.34. The lowest BCUT2D eigenvalue weighted by molar-refractivity contribution is -0.148. The Morgan fingerprint density at radius 3 is 2.71 bits per heavy atom. The molecular formula is C14H14ClNO5. The molecule has 1 aliphatic carbocycles. The van der Waals surface area contributed by atoms with Crippen molar-refractivity contribution < 1.29 is 23.8 Å². The summed E-state index contributed by atoms with van der Waals surface area (Å²) in [6.07, 6.45) is 0.828. The molecule has 7 heteroatoms. The standard InChI is InChI=1S/C14H14ClNO5/c1-7-2-8(7)14(18)19-5-13(17)16-10-4-12-11(3-9(10)15)20-6-21-12/h3-4,7-8H,2,5-6H2,1H3,(H,16,17)/t7-,8-/m1/s1. The van der Waals surface area contributed by atoms with Gasteiger partial charge in [-0.2, -0.15) is 0 Å². The summed E-state index contributed by atoms with van der Waals surface area (Å²) in [5.74, 6) is 0.563. The first-order valence-corrected chi connectivity index (χ1v) is 6.98. The normalized spacial score (nSPS) is 21.8. The van der Waals surface area contributed by atoms with E-state index in [-0.39, 0.29) is 25.3 Å². The molecule has 0 aromatic heterocycles. The van der Waals surface area contributed by atoms with Crippen molar-refractivity contribution in [2.75, 3.05) is 18.7 Å². The molecule has 1 fully saturated rings. The van der Waals surface area contributed by atoms with Crippen molar-refractivity contribution in [2.24, 2.45) is 11.8 Å². The van der Waals surface area contributed by atoms with Gasteiger partial charge < -0.3 is 19.5 Å². The van der Waals surface area contributed by atoms with Gasteiger partial charge in [-0.1, -0.05) is 18.5 Å². The van der Waals surface area contributed by atoms with E-state index in [2.05, 4.69) is 5.32 Å². The van der Waals surface area contributed by atoms with Gasteiger partial charge >= 0.3 is 5.97 Å². The highest BCUT2D eigenvalue weighted by Gasteiger charge is 2.40. The molecule has 1 aromatic rings. The summed E-state index contributed by atoms with van der Waals surface area (Å²) in [7, 11) is 0. The fourth-order valence-corrected chi connectivity index (χ4v) is 2.29. The van der Waals surface area contributed by atoms with Gasteiger partial charge in [0.15, 0.2) is 18.1 Å². The molecule has 112 valence electrons. The van der Waals surface area contributed by atoms with Crippen LogP contribution in [0.3, 0.4) is 0 Å².